The van der Waals surface area contributed by atoms with Gasteiger partial charge in [0.25, 0.3) is 5.56 Å². The summed E-state index contributed by atoms with van der Waals surface area (Å²) in [5.74, 6) is -0.682. The van der Waals surface area contributed by atoms with Crippen LogP contribution in [0, 0.1) is 6.92 Å². The number of aromatic nitrogens is 1. The van der Waals surface area contributed by atoms with Crippen LogP contribution in [0.2, 0.25) is 0 Å². The minimum atomic E-state index is -4.85. The van der Waals surface area contributed by atoms with E-state index in [-0.39, 0.29) is 11.4 Å². The molecule has 0 fully saturated rings. The number of ether oxygens (including phenoxy) is 1. The molecule has 1 rings (SSSR count). The van der Waals surface area contributed by atoms with Crippen LogP contribution >= 0.6 is 0 Å². The molecular formula is C7H7F3N2O2. The van der Waals surface area contributed by atoms with E-state index in [0.29, 0.717) is 6.07 Å². The van der Waals surface area contributed by atoms with Crippen molar-refractivity contribution in [3.8, 4) is 5.75 Å². The molecule has 0 saturated carbocycles. The first-order valence-corrected chi connectivity index (χ1v) is 3.55. The Kier molecular flexibility index (Phi) is 2.41. The van der Waals surface area contributed by atoms with Crippen molar-refractivity contribution in [2.45, 2.75) is 13.3 Å². The third kappa shape index (κ3) is 2.41. The van der Waals surface area contributed by atoms with Crippen LogP contribution in [0.25, 0.3) is 0 Å². The molecule has 0 aliphatic heterocycles. The van der Waals surface area contributed by atoms with Crippen molar-refractivity contribution in [1.29, 1.82) is 0 Å². The average Bonchev–Trinajstić information content (AvgIpc) is 1.96. The Hall–Kier alpha value is -1.66. The number of aryl methyl sites for hydroxylation is 1. The van der Waals surface area contributed by atoms with Gasteiger partial charge in [-0.25, -0.2) is 0 Å². The van der Waals surface area contributed by atoms with E-state index in [0.717, 1.165) is 0 Å². The van der Waals surface area contributed by atoms with E-state index in [2.05, 4.69) is 9.72 Å². The fourth-order valence-electron chi connectivity index (χ4n) is 0.879. The van der Waals surface area contributed by atoms with Gasteiger partial charge >= 0.3 is 6.36 Å². The van der Waals surface area contributed by atoms with Crippen LogP contribution in [0.4, 0.5) is 18.9 Å². The van der Waals surface area contributed by atoms with Gasteiger partial charge in [-0.1, -0.05) is 0 Å². The quantitative estimate of drug-likeness (QED) is 0.727. The van der Waals surface area contributed by atoms with Gasteiger partial charge in [-0.15, -0.1) is 13.2 Å². The molecule has 3 N–H and O–H groups in total. The van der Waals surface area contributed by atoms with E-state index in [1.165, 1.54) is 6.92 Å². The van der Waals surface area contributed by atoms with Gasteiger partial charge in [0.15, 0.2) is 5.75 Å². The Labute approximate surface area is 76.5 Å². The number of halogens is 3. The molecule has 0 bridgehead atoms. The summed E-state index contributed by atoms with van der Waals surface area (Å²) < 4.78 is 38.9. The van der Waals surface area contributed by atoms with Crippen LogP contribution in [-0.2, 0) is 0 Å². The van der Waals surface area contributed by atoms with Gasteiger partial charge in [0.05, 0.1) is 5.69 Å². The average molecular weight is 208 g/mol. The molecule has 14 heavy (non-hydrogen) atoms. The van der Waals surface area contributed by atoms with Gasteiger partial charge in [0.1, 0.15) is 0 Å². The maximum absolute atomic E-state index is 11.8. The van der Waals surface area contributed by atoms with Crippen molar-refractivity contribution in [1.82, 2.24) is 4.98 Å². The van der Waals surface area contributed by atoms with Crippen molar-refractivity contribution in [2.24, 2.45) is 0 Å². The lowest BCUT2D eigenvalue weighted by atomic mass is 10.3. The monoisotopic (exact) mass is 208 g/mol. The number of nitrogen functional groups attached to an aromatic ring is 1. The van der Waals surface area contributed by atoms with E-state index < -0.39 is 17.7 Å². The molecule has 0 aliphatic rings. The third-order valence-corrected chi connectivity index (χ3v) is 1.47. The lowest BCUT2D eigenvalue weighted by molar-refractivity contribution is -0.274. The molecule has 7 heteroatoms. The van der Waals surface area contributed by atoms with Gasteiger partial charge in [-0.3, -0.25) is 4.79 Å². The number of rotatable bonds is 1. The maximum atomic E-state index is 11.8. The summed E-state index contributed by atoms with van der Waals surface area (Å²) in [6, 6.07) is 0.649. The van der Waals surface area contributed by atoms with Gasteiger partial charge in [0, 0.05) is 11.8 Å². The van der Waals surface area contributed by atoms with E-state index in [9.17, 15) is 18.0 Å². The molecule has 1 aromatic heterocycles. The van der Waals surface area contributed by atoms with Gasteiger partial charge in [-0.2, -0.15) is 0 Å². The molecular weight excluding hydrogens is 201 g/mol. The first kappa shape index (κ1) is 10.4. The molecule has 1 heterocycles. The third-order valence-electron chi connectivity index (χ3n) is 1.47. The number of nitrogens with one attached hydrogen (secondary N) is 1. The molecule has 0 atom stereocenters. The highest BCUT2D eigenvalue weighted by molar-refractivity contribution is 5.54. The number of aromatic amines is 1. The van der Waals surface area contributed by atoms with E-state index in [4.69, 9.17) is 5.73 Å². The number of anilines is 1. The van der Waals surface area contributed by atoms with Crippen molar-refractivity contribution in [3.05, 3.63) is 22.1 Å². The van der Waals surface area contributed by atoms with E-state index in [1.54, 1.807) is 0 Å². The van der Waals surface area contributed by atoms with Crippen LogP contribution in [0.3, 0.4) is 0 Å². The maximum Gasteiger partial charge on any atom is 0.573 e. The molecule has 0 aromatic carbocycles. The van der Waals surface area contributed by atoms with Gasteiger partial charge < -0.3 is 15.5 Å². The summed E-state index contributed by atoms with van der Waals surface area (Å²) >= 11 is 0. The van der Waals surface area contributed by atoms with Crippen LogP contribution < -0.4 is 16.0 Å². The Morgan fingerprint density at radius 2 is 2.07 bits per heavy atom. The smallest absolute Gasteiger partial charge is 0.403 e. The normalized spacial score (nSPS) is 11.4. The molecule has 78 valence electrons. The SMILES string of the molecule is Cc1[nH]c(=O)cc(OC(F)(F)F)c1N. The predicted molar refractivity (Wildman–Crippen MR) is 42.9 cm³/mol. The van der Waals surface area contributed by atoms with E-state index >= 15 is 0 Å². The summed E-state index contributed by atoms with van der Waals surface area (Å²) in [4.78, 5) is 13.0. The van der Waals surface area contributed by atoms with Crippen molar-refractivity contribution < 1.29 is 17.9 Å². The molecule has 0 saturated heterocycles. The van der Waals surface area contributed by atoms with Crippen LogP contribution in [0.15, 0.2) is 10.9 Å². The molecule has 0 amide bonds. The second-order valence-electron chi connectivity index (χ2n) is 2.58. The number of pyridine rings is 1. The Morgan fingerprint density at radius 1 is 1.50 bits per heavy atom. The van der Waals surface area contributed by atoms with Crippen LogP contribution in [0.5, 0.6) is 5.75 Å². The fraction of sp³-hybridized carbons (Fsp3) is 0.286. The summed E-state index contributed by atoms with van der Waals surface area (Å²) in [5, 5.41) is 0. The van der Waals surface area contributed by atoms with Crippen LogP contribution in [-0.4, -0.2) is 11.3 Å². The number of hydrogen-bond donors (Lipinski definition) is 2. The highest BCUT2D eigenvalue weighted by Crippen LogP contribution is 2.27. The zero-order valence-electron chi connectivity index (χ0n) is 7.11. The van der Waals surface area contributed by atoms with Crippen LogP contribution in [0.1, 0.15) is 5.69 Å². The second-order valence-corrected chi connectivity index (χ2v) is 2.58. The first-order chi connectivity index (χ1) is 6.29. The molecule has 0 unspecified atom stereocenters. The summed E-state index contributed by atoms with van der Waals surface area (Å²) in [7, 11) is 0. The minimum absolute atomic E-state index is 0.136. The Morgan fingerprint density at radius 3 is 2.57 bits per heavy atom. The van der Waals surface area contributed by atoms with Crippen molar-refractivity contribution >= 4 is 5.69 Å². The summed E-state index contributed by atoms with van der Waals surface area (Å²) in [6.07, 6.45) is -4.85. The lowest BCUT2D eigenvalue weighted by Crippen LogP contribution is -2.20. The fourth-order valence-corrected chi connectivity index (χ4v) is 0.879. The standard InChI is InChI=1S/C7H7F3N2O2/c1-3-6(11)4(2-5(13)12-3)14-7(8,9)10/h2H,11H2,1H3,(H,12,13). The highest BCUT2D eigenvalue weighted by atomic mass is 19.4. The minimum Gasteiger partial charge on any atom is -0.403 e. The highest BCUT2D eigenvalue weighted by Gasteiger charge is 2.32. The summed E-state index contributed by atoms with van der Waals surface area (Å²) in [5.41, 5.74) is 4.47. The molecule has 1 aromatic rings. The topological polar surface area (TPSA) is 68.1 Å². The molecule has 0 spiro atoms. The molecule has 0 radical (unpaired) electrons. The lowest BCUT2D eigenvalue weighted by Gasteiger charge is -2.11. The number of alkyl halides is 3. The summed E-state index contributed by atoms with van der Waals surface area (Å²) in [6.45, 7) is 1.37. The number of H-pyrrole nitrogens is 1. The first-order valence-electron chi connectivity index (χ1n) is 3.55. The number of nitrogens with two attached hydrogens (primary N) is 1. The van der Waals surface area contributed by atoms with Crippen molar-refractivity contribution in [3.63, 3.8) is 0 Å². The van der Waals surface area contributed by atoms with Gasteiger partial charge in [0.2, 0.25) is 0 Å². The predicted octanol–water partition coefficient (Wildman–Crippen LogP) is 1.16. The molecule has 4 nitrogen and oxygen atoms in total. The largest absolute Gasteiger partial charge is 0.573 e. The second kappa shape index (κ2) is 3.24. The van der Waals surface area contributed by atoms with Crippen molar-refractivity contribution in [2.75, 3.05) is 5.73 Å². The zero-order chi connectivity index (χ0) is 10.9. The number of hydrogen-bond acceptors (Lipinski definition) is 3. The van der Waals surface area contributed by atoms with Gasteiger partial charge in [-0.05, 0) is 6.92 Å². The Balaban J connectivity index is 3.15. The van der Waals surface area contributed by atoms with E-state index in [1.807, 2.05) is 0 Å². The molecule has 0 aliphatic carbocycles. The Bertz CT molecular complexity index is 397. The zero-order valence-corrected chi connectivity index (χ0v) is 7.11.